The average molecular weight is 370 g/mol. The highest BCUT2D eigenvalue weighted by Crippen LogP contribution is 2.35. The number of nitrogens with zero attached hydrogens (tertiary/aromatic N) is 1. The summed E-state index contributed by atoms with van der Waals surface area (Å²) in [7, 11) is 0. The fourth-order valence-corrected chi connectivity index (χ4v) is 4.20. The standard InChI is InChI=1S/C26H27NO/c1-20-10-8-17-25-21(15-9-16-24(20)25)18-19-28-27-26(22-11-4-2-5-12-22)23-13-6-3-7-14-23/h2-8,10-14,17,21H,9,15-16,18-19H2,1H3. The summed E-state index contributed by atoms with van der Waals surface area (Å²) >= 11 is 0. The Balaban J connectivity index is 1.47. The van der Waals surface area contributed by atoms with Crippen LogP contribution in [0.5, 0.6) is 0 Å². The van der Waals surface area contributed by atoms with Crippen LogP contribution in [0.3, 0.4) is 0 Å². The van der Waals surface area contributed by atoms with Crippen LogP contribution < -0.4 is 0 Å². The van der Waals surface area contributed by atoms with Gasteiger partial charge in [-0.2, -0.15) is 0 Å². The number of rotatable bonds is 6. The lowest BCUT2D eigenvalue weighted by Gasteiger charge is -2.26. The molecule has 1 atom stereocenters. The Morgan fingerprint density at radius 2 is 1.57 bits per heavy atom. The van der Waals surface area contributed by atoms with E-state index >= 15 is 0 Å². The largest absolute Gasteiger partial charge is 0.395 e. The molecule has 2 heteroatoms. The van der Waals surface area contributed by atoms with Crippen molar-refractivity contribution in [1.29, 1.82) is 0 Å². The molecule has 1 aliphatic rings. The molecule has 0 aromatic heterocycles. The number of hydrogen-bond donors (Lipinski definition) is 0. The normalized spacial score (nSPS) is 15.5. The number of oxime groups is 1. The Labute approximate surface area is 167 Å². The first-order valence-corrected chi connectivity index (χ1v) is 10.2. The topological polar surface area (TPSA) is 21.6 Å². The summed E-state index contributed by atoms with van der Waals surface area (Å²) < 4.78 is 0. The molecule has 0 heterocycles. The number of hydrogen-bond acceptors (Lipinski definition) is 2. The van der Waals surface area contributed by atoms with E-state index in [0.717, 1.165) is 23.3 Å². The average Bonchev–Trinajstić information content (AvgIpc) is 2.75. The van der Waals surface area contributed by atoms with Crippen molar-refractivity contribution in [2.45, 2.75) is 38.5 Å². The van der Waals surface area contributed by atoms with E-state index in [1.54, 1.807) is 5.56 Å². The van der Waals surface area contributed by atoms with E-state index in [1.807, 2.05) is 36.4 Å². The van der Waals surface area contributed by atoms with E-state index in [9.17, 15) is 0 Å². The molecule has 0 amide bonds. The Bertz CT molecular complexity index is 890. The molecule has 0 fully saturated rings. The first kappa shape index (κ1) is 18.5. The molecule has 142 valence electrons. The van der Waals surface area contributed by atoms with Gasteiger partial charge in [0, 0.05) is 11.1 Å². The highest BCUT2D eigenvalue weighted by molar-refractivity contribution is 6.12. The van der Waals surface area contributed by atoms with Crippen LogP contribution in [-0.4, -0.2) is 12.3 Å². The van der Waals surface area contributed by atoms with Gasteiger partial charge in [-0.15, -0.1) is 0 Å². The maximum absolute atomic E-state index is 5.84. The van der Waals surface area contributed by atoms with E-state index in [4.69, 9.17) is 4.84 Å². The monoisotopic (exact) mass is 369 g/mol. The lowest BCUT2D eigenvalue weighted by molar-refractivity contribution is 0.135. The third kappa shape index (κ3) is 4.17. The summed E-state index contributed by atoms with van der Waals surface area (Å²) in [6, 6.07) is 27.2. The third-order valence-electron chi connectivity index (χ3n) is 5.67. The smallest absolute Gasteiger partial charge is 0.117 e. The summed E-state index contributed by atoms with van der Waals surface area (Å²) in [6.07, 6.45) is 4.74. The second kappa shape index (κ2) is 8.88. The van der Waals surface area contributed by atoms with E-state index in [-0.39, 0.29) is 0 Å². The van der Waals surface area contributed by atoms with E-state index in [2.05, 4.69) is 54.5 Å². The van der Waals surface area contributed by atoms with Crippen molar-refractivity contribution in [2.24, 2.45) is 5.16 Å². The van der Waals surface area contributed by atoms with Crippen LogP contribution in [-0.2, 0) is 11.3 Å². The molecular formula is C26H27NO. The predicted molar refractivity (Wildman–Crippen MR) is 116 cm³/mol. The molecule has 4 rings (SSSR count). The summed E-state index contributed by atoms with van der Waals surface area (Å²) in [4.78, 5) is 5.84. The molecule has 0 radical (unpaired) electrons. The van der Waals surface area contributed by atoms with Gasteiger partial charge >= 0.3 is 0 Å². The van der Waals surface area contributed by atoms with Gasteiger partial charge in [-0.3, -0.25) is 0 Å². The quantitative estimate of drug-likeness (QED) is 0.285. The van der Waals surface area contributed by atoms with Crippen LogP contribution in [0.1, 0.15) is 53.0 Å². The highest BCUT2D eigenvalue weighted by atomic mass is 16.6. The Morgan fingerprint density at radius 1 is 0.893 bits per heavy atom. The zero-order valence-corrected chi connectivity index (χ0v) is 16.5. The molecule has 0 N–H and O–H groups in total. The maximum atomic E-state index is 5.84. The van der Waals surface area contributed by atoms with Gasteiger partial charge in [0.2, 0.25) is 0 Å². The van der Waals surface area contributed by atoms with E-state index in [1.165, 1.54) is 30.4 Å². The zero-order valence-electron chi connectivity index (χ0n) is 16.5. The number of aryl methyl sites for hydroxylation is 1. The summed E-state index contributed by atoms with van der Waals surface area (Å²) in [5.74, 6) is 0.579. The molecular weight excluding hydrogens is 342 g/mol. The van der Waals surface area contributed by atoms with Gasteiger partial charge in [0.05, 0.1) is 0 Å². The van der Waals surface area contributed by atoms with Crippen LogP contribution in [0.25, 0.3) is 0 Å². The molecule has 0 aliphatic heterocycles. The van der Waals surface area contributed by atoms with Gasteiger partial charge in [0.15, 0.2) is 0 Å². The second-order valence-corrected chi connectivity index (χ2v) is 7.53. The molecule has 0 saturated heterocycles. The van der Waals surface area contributed by atoms with Crippen LogP contribution in [0.4, 0.5) is 0 Å². The SMILES string of the molecule is Cc1cccc2c1CCCC2CCON=C(c1ccccc1)c1ccccc1. The van der Waals surface area contributed by atoms with Gasteiger partial charge in [0.1, 0.15) is 12.3 Å². The minimum atomic E-state index is 0.579. The van der Waals surface area contributed by atoms with E-state index < -0.39 is 0 Å². The minimum absolute atomic E-state index is 0.579. The molecule has 0 bridgehead atoms. The van der Waals surface area contributed by atoms with Crippen molar-refractivity contribution in [2.75, 3.05) is 6.61 Å². The fraction of sp³-hybridized carbons (Fsp3) is 0.269. The number of fused-ring (bicyclic) bond motifs is 1. The Hall–Kier alpha value is -2.87. The second-order valence-electron chi connectivity index (χ2n) is 7.53. The van der Waals surface area contributed by atoms with Crippen LogP contribution in [0, 0.1) is 6.92 Å². The highest BCUT2D eigenvalue weighted by Gasteiger charge is 2.21. The van der Waals surface area contributed by atoms with Gasteiger partial charge in [-0.25, -0.2) is 0 Å². The van der Waals surface area contributed by atoms with Crippen LogP contribution >= 0.6 is 0 Å². The number of benzene rings is 3. The molecule has 0 spiro atoms. The Kier molecular flexibility index (Phi) is 5.86. The molecule has 2 nitrogen and oxygen atoms in total. The van der Waals surface area contributed by atoms with Gasteiger partial charge in [-0.1, -0.05) is 84.0 Å². The fourth-order valence-electron chi connectivity index (χ4n) is 4.20. The molecule has 1 aliphatic carbocycles. The molecule has 28 heavy (non-hydrogen) atoms. The van der Waals surface area contributed by atoms with Crippen LogP contribution in [0.15, 0.2) is 84.0 Å². The van der Waals surface area contributed by atoms with Gasteiger partial charge in [0.25, 0.3) is 0 Å². The lowest BCUT2D eigenvalue weighted by atomic mass is 9.79. The van der Waals surface area contributed by atoms with Gasteiger partial charge < -0.3 is 4.84 Å². The van der Waals surface area contributed by atoms with Crippen molar-refractivity contribution in [3.05, 3.63) is 107 Å². The van der Waals surface area contributed by atoms with Crippen molar-refractivity contribution in [3.8, 4) is 0 Å². The van der Waals surface area contributed by atoms with Crippen molar-refractivity contribution < 1.29 is 4.84 Å². The first-order chi connectivity index (χ1) is 13.8. The summed E-state index contributed by atoms with van der Waals surface area (Å²) in [5, 5.41) is 4.54. The van der Waals surface area contributed by atoms with Gasteiger partial charge in [-0.05, 0) is 55.2 Å². The van der Waals surface area contributed by atoms with Crippen molar-refractivity contribution in [3.63, 3.8) is 0 Å². The summed E-state index contributed by atoms with van der Waals surface area (Å²) in [6.45, 7) is 2.87. The maximum Gasteiger partial charge on any atom is 0.117 e. The van der Waals surface area contributed by atoms with Crippen LogP contribution in [0.2, 0.25) is 0 Å². The van der Waals surface area contributed by atoms with Crippen molar-refractivity contribution in [1.82, 2.24) is 0 Å². The van der Waals surface area contributed by atoms with E-state index in [0.29, 0.717) is 12.5 Å². The molecule has 3 aromatic carbocycles. The Morgan fingerprint density at radius 3 is 2.25 bits per heavy atom. The summed E-state index contributed by atoms with van der Waals surface area (Å²) in [5.41, 5.74) is 7.54. The predicted octanol–water partition coefficient (Wildman–Crippen LogP) is 6.27. The first-order valence-electron chi connectivity index (χ1n) is 10.2. The third-order valence-corrected chi connectivity index (χ3v) is 5.67. The zero-order chi connectivity index (χ0) is 19.2. The minimum Gasteiger partial charge on any atom is -0.395 e. The molecule has 0 saturated carbocycles. The lowest BCUT2D eigenvalue weighted by Crippen LogP contribution is -2.13. The van der Waals surface area contributed by atoms with Crippen molar-refractivity contribution >= 4 is 5.71 Å². The molecule has 1 unspecified atom stereocenters. The molecule has 3 aromatic rings.